The molecule has 1 fully saturated rings. The smallest absolute Gasteiger partial charge is 0.0541 e. The minimum Gasteiger partial charge on any atom is -0.310 e. The first-order valence-electron chi connectivity index (χ1n) is 7.25. The third kappa shape index (κ3) is 4.07. The molecule has 3 nitrogen and oxygen atoms in total. The molecule has 3 heteroatoms. The van der Waals surface area contributed by atoms with Gasteiger partial charge in [-0.15, -0.1) is 0 Å². The van der Waals surface area contributed by atoms with Crippen molar-refractivity contribution in [1.82, 2.24) is 15.2 Å². The zero-order chi connectivity index (χ0) is 12.6. The molecule has 1 aromatic heterocycles. The number of hydrogen-bond acceptors (Lipinski definition) is 3. The van der Waals surface area contributed by atoms with Crippen molar-refractivity contribution in [1.29, 1.82) is 0 Å². The average molecular weight is 247 g/mol. The highest BCUT2D eigenvalue weighted by atomic mass is 15.2. The van der Waals surface area contributed by atoms with Crippen LogP contribution in [0.2, 0.25) is 0 Å². The lowest BCUT2D eigenvalue weighted by Gasteiger charge is -2.27. The second-order valence-electron chi connectivity index (χ2n) is 5.06. The second-order valence-corrected chi connectivity index (χ2v) is 5.06. The van der Waals surface area contributed by atoms with Crippen LogP contribution in [0.4, 0.5) is 0 Å². The molecule has 1 saturated carbocycles. The summed E-state index contributed by atoms with van der Waals surface area (Å²) < 4.78 is 0. The van der Waals surface area contributed by atoms with Crippen molar-refractivity contribution in [2.75, 3.05) is 19.6 Å². The van der Waals surface area contributed by atoms with Crippen molar-refractivity contribution in [3.8, 4) is 0 Å². The van der Waals surface area contributed by atoms with Gasteiger partial charge in [-0.2, -0.15) is 0 Å². The summed E-state index contributed by atoms with van der Waals surface area (Å²) in [4.78, 5) is 6.94. The first kappa shape index (κ1) is 13.5. The topological polar surface area (TPSA) is 28.2 Å². The van der Waals surface area contributed by atoms with E-state index in [1.807, 2.05) is 18.3 Å². The minimum atomic E-state index is 0.839. The number of nitrogens with one attached hydrogen (secondary N) is 1. The number of hydrogen-bond donors (Lipinski definition) is 1. The van der Waals surface area contributed by atoms with Crippen LogP contribution in [0.15, 0.2) is 24.4 Å². The van der Waals surface area contributed by atoms with Crippen LogP contribution in [0.25, 0.3) is 0 Å². The summed E-state index contributed by atoms with van der Waals surface area (Å²) in [6.07, 6.45) is 7.49. The van der Waals surface area contributed by atoms with E-state index < -0.39 is 0 Å². The Morgan fingerprint density at radius 1 is 1.33 bits per heavy atom. The van der Waals surface area contributed by atoms with Crippen LogP contribution in [-0.2, 0) is 6.54 Å². The molecule has 100 valence electrons. The molecule has 0 saturated heterocycles. The monoisotopic (exact) mass is 247 g/mol. The van der Waals surface area contributed by atoms with E-state index >= 15 is 0 Å². The van der Waals surface area contributed by atoms with E-state index in [0.717, 1.165) is 31.4 Å². The summed E-state index contributed by atoms with van der Waals surface area (Å²) in [7, 11) is 0. The Morgan fingerprint density at radius 2 is 2.17 bits per heavy atom. The van der Waals surface area contributed by atoms with Gasteiger partial charge in [0.1, 0.15) is 0 Å². The summed E-state index contributed by atoms with van der Waals surface area (Å²) in [6, 6.07) is 6.91. The van der Waals surface area contributed by atoms with Crippen molar-refractivity contribution >= 4 is 0 Å². The van der Waals surface area contributed by atoms with Crippen LogP contribution in [0.1, 0.15) is 38.3 Å². The van der Waals surface area contributed by atoms with Crippen LogP contribution in [-0.4, -0.2) is 35.6 Å². The largest absolute Gasteiger partial charge is 0.310 e. The molecule has 0 aromatic carbocycles. The third-order valence-corrected chi connectivity index (χ3v) is 3.86. The molecule has 0 radical (unpaired) electrons. The van der Waals surface area contributed by atoms with Gasteiger partial charge in [0.25, 0.3) is 0 Å². The number of rotatable bonds is 7. The quantitative estimate of drug-likeness (QED) is 0.750. The number of pyridine rings is 1. The number of likely N-dealkylation sites (N-methyl/N-ethyl adjacent to an activating group) is 1. The van der Waals surface area contributed by atoms with Gasteiger partial charge in [0.2, 0.25) is 0 Å². The molecule has 0 bridgehead atoms. The van der Waals surface area contributed by atoms with Crippen LogP contribution >= 0.6 is 0 Å². The highest BCUT2D eigenvalue weighted by Crippen LogP contribution is 2.22. The van der Waals surface area contributed by atoms with Gasteiger partial charge in [0, 0.05) is 31.9 Å². The lowest BCUT2D eigenvalue weighted by Crippen LogP contribution is -2.38. The second kappa shape index (κ2) is 7.49. The van der Waals surface area contributed by atoms with Gasteiger partial charge in [-0.3, -0.25) is 9.88 Å². The van der Waals surface area contributed by atoms with Crippen molar-refractivity contribution in [2.45, 2.75) is 45.2 Å². The van der Waals surface area contributed by atoms with Gasteiger partial charge < -0.3 is 5.32 Å². The van der Waals surface area contributed by atoms with Gasteiger partial charge in [-0.1, -0.05) is 25.8 Å². The van der Waals surface area contributed by atoms with Crippen LogP contribution in [0.3, 0.4) is 0 Å². The molecule has 0 unspecified atom stereocenters. The number of nitrogens with zero attached hydrogens (tertiary/aromatic N) is 2. The molecule has 1 aliphatic rings. The fourth-order valence-corrected chi connectivity index (χ4v) is 2.81. The van der Waals surface area contributed by atoms with Gasteiger partial charge in [0.15, 0.2) is 0 Å². The van der Waals surface area contributed by atoms with Gasteiger partial charge in [-0.05, 0) is 31.5 Å². The first-order chi connectivity index (χ1) is 8.90. The first-order valence-corrected chi connectivity index (χ1v) is 7.25. The molecule has 1 aromatic rings. The summed E-state index contributed by atoms with van der Waals surface area (Å²) in [6.45, 7) is 6.55. The normalized spacial score (nSPS) is 16.6. The van der Waals surface area contributed by atoms with Gasteiger partial charge >= 0.3 is 0 Å². The summed E-state index contributed by atoms with van der Waals surface area (Å²) in [5.74, 6) is 0. The highest BCUT2D eigenvalue weighted by molar-refractivity contribution is 5.02. The molecular weight excluding hydrogens is 222 g/mol. The molecular formula is C15H25N3. The summed E-state index contributed by atoms with van der Waals surface area (Å²) in [5, 5.41) is 3.49. The lowest BCUT2D eigenvalue weighted by atomic mass is 10.2. The van der Waals surface area contributed by atoms with Crippen LogP contribution in [0.5, 0.6) is 0 Å². The van der Waals surface area contributed by atoms with Gasteiger partial charge in [0.05, 0.1) is 5.69 Å². The van der Waals surface area contributed by atoms with Crippen LogP contribution in [0, 0.1) is 0 Å². The zero-order valence-electron chi connectivity index (χ0n) is 11.4. The van der Waals surface area contributed by atoms with Crippen molar-refractivity contribution < 1.29 is 0 Å². The Morgan fingerprint density at radius 3 is 2.83 bits per heavy atom. The predicted molar refractivity (Wildman–Crippen MR) is 75.4 cm³/mol. The van der Waals surface area contributed by atoms with E-state index in [-0.39, 0.29) is 0 Å². The minimum absolute atomic E-state index is 0.839. The van der Waals surface area contributed by atoms with E-state index in [2.05, 4.69) is 28.2 Å². The Labute approximate surface area is 111 Å². The Balaban J connectivity index is 1.64. The maximum absolute atomic E-state index is 4.32. The standard InChI is InChI=1S/C15H25N3/c1-2-18(15-8-3-4-9-15)12-11-16-13-14-7-5-6-10-17-14/h5-7,10,15-16H,2-4,8-9,11-13H2,1H3. The van der Waals surface area contributed by atoms with Crippen LogP contribution < -0.4 is 5.32 Å². The van der Waals surface area contributed by atoms with Gasteiger partial charge in [-0.25, -0.2) is 0 Å². The molecule has 0 aliphatic heterocycles. The van der Waals surface area contributed by atoms with E-state index in [9.17, 15) is 0 Å². The van der Waals surface area contributed by atoms with E-state index in [4.69, 9.17) is 0 Å². The fraction of sp³-hybridized carbons (Fsp3) is 0.667. The van der Waals surface area contributed by atoms with E-state index in [1.165, 1.54) is 32.2 Å². The summed E-state index contributed by atoms with van der Waals surface area (Å²) >= 11 is 0. The van der Waals surface area contributed by atoms with Crippen molar-refractivity contribution in [2.24, 2.45) is 0 Å². The molecule has 1 heterocycles. The molecule has 0 atom stereocenters. The average Bonchev–Trinajstić information content (AvgIpc) is 2.94. The zero-order valence-corrected chi connectivity index (χ0v) is 11.4. The molecule has 0 spiro atoms. The van der Waals surface area contributed by atoms with E-state index in [0.29, 0.717) is 0 Å². The Kier molecular flexibility index (Phi) is 5.62. The Bertz CT molecular complexity index is 320. The maximum Gasteiger partial charge on any atom is 0.0541 e. The SMILES string of the molecule is CCN(CCNCc1ccccn1)C1CCCC1. The number of aromatic nitrogens is 1. The molecule has 1 aliphatic carbocycles. The Hall–Kier alpha value is -0.930. The molecule has 1 N–H and O–H groups in total. The summed E-state index contributed by atoms with van der Waals surface area (Å²) in [5.41, 5.74) is 1.13. The van der Waals surface area contributed by atoms with Crippen molar-refractivity contribution in [3.63, 3.8) is 0 Å². The maximum atomic E-state index is 4.32. The third-order valence-electron chi connectivity index (χ3n) is 3.86. The van der Waals surface area contributed by atoms with Crippen molar-refractivity contribution in [3.05, 3.63) is 30.1 Å². The highest BCUT2D eigenvalue weighted by Gasteiger charge is 2.20. The molecule has 2 rings (SSSR count). The predicted octanol–water partition coefficient (Wildman–Crippen LogP) is 2.44. The molecule has 0 amide bonds. The fourth-order valence-electron chi connectivity index (χ4n) is 2.81. The molecule has 18 heavy (non-hydrogen) atoms. The van der Waals surface area contributed by atoms with E-state index in [1.54, 1.807) is 0 Å². The lowest BCUT2D eigenvalue weighted by molar-refractivity contribution is 0.209.